The highest BCUT2D eigenvalue weighted by atomic mass is 15.2. The molecule has 0 saturated carbocycles. The largest absolute Gasteiger partial charge is 0.319 e. The first-order valence-electron chi connectivity index (χ1n) is 7.63. The maximum atomic E-state index is 3.38. The van der Waals surface area contributed by atoms with E-state index in [1.54, 1.807) is 0 Å². The minimum atomic E-state index is 0.605. The molecule has 2 atom stereocenters. The molecule has 2 nitrogen and oxygen atoms in total. The van der Waals surface area contributed by atoms with Gasteiger partial charge in [0, 0.05) is 6.04 Å². The monoisotopic (exact) mass is 260 g/mol. The smallest absolute Gasteiger partial charge is 0.0391 e. The van der Waals surface area contributed by atoms with Crippen molar-refractivity contribution in [2.75, 3.05) is 26.7 Å². The van der Waals surface area contributed by atoms with Gasteiger partial charge in [-0.1, -0.05) is 30.7 Å². The fourth-order valence-electron chi connectivity index (χ4n) is 3.55. The lowest BCUT2D eigenvalue weighted by molar-refractivity contribution is 0.226. The van der Waals surface area contributed by atoms with E-state index in [4.69, 9.17) is 0 Å². The van der Waals surface area contributed by atoms with E-state index in [-0.39, 0.29) is 0 Å². The van der Waals surface area contributed by atoms with Crippen molar-refractivity contribution in [2.24, 2.45) is 5.92 Å². The van der Waals surface area contributed by atoms with Gasteiger partial charge in [-0.2, -0.15) is 0 Å². The third-order valence-electron chi connectivity index (χ3n) is 4.35. The molecule has 0 aromatic heterocycles. The number of rotatable bonds is 5. The summed E-state index contributed by atoms with van der Waals surface area (Å²) in [5.74, 6) is 0.748. The molecule has 1 aliphatic rings. The lowest BCUT2D eigenvalue weighted by Crippen LogP contribution is -2.30. The lowest BCUT2D eigenvalue weighted by atomic mass is 9.90. The Hall–Kier alpha value is -0.860. The zero-order valence-electron chi connectivity index (χ0n) is 12.9. The summed E-state index contributed by atoms with van der Waals surface area (Å²) in [4.78, 5) is 2.68. The van der Waals surface area contributed by atoms with Crippen molar-refractivity contribution in [3.63, 3.8) is 0 Å². The summed E-state index contributed by atoms with van der Waals surface area (Å²) in [5.41, 5.74) is 4.36. The van der Waals surface area contributed by atoms with Crippen molar-refractivity contribution < 1.29 is 0 Å². The van der Waals surface area contributed by atoms with Gasteiger partial charge in [0.15, 0.2) is 0 Å². The summed E-state index contributed by atoms with van der Waals surface area (Å²) in [6, 6.07) is 7.55. The maximum Gasteiger partial charge on any atom is 0.0391 e. The molecule has 2 rings (SSSR count). The average molecular weight is 260 g/mol. The second kappa shape index (κ2) is 6.53. The number of hydrogen-bond donors (Lipinski definition) is 1. The molecular weight excluding hydrogens is 232 g/mol. The molecule has 1 saturated heterocycles. The Morgan fingerprint density at radius 2 is 2.11 bits per heavy atom. The number of likely N-dealkylation sites (tertiary alicyclic amines) is 1. The van der Waals surface area contributed by atoms with E-state index in [1.165, 1.54) is 42.6 Å². The van der Waals surface area contributed by atoms with Crippen LogP contribution in [0.2, 0.25) is 0 Å². The van der Waals surface area contributed by atoms with Gasteiger partial charge in [-0.15, -0.1) is 0 Å². The average Bonchev–Trinajstić information content (AvgIpc) is 2.74. The first kappa shape index (κ1) is 14.5. The van der Waals surface area contributed by atoms with Crippen molar-refractivity contribution in [3.8, 4) is 0 Å². The van der Waals surface area contributed by atoms with Gasteiger partial charge in [-0.05, 0) is 70.4 Å². The molecule has 2 unspecified atom stereocenters. The van der Waals surface area contributed by atoms with Crippen LogP contribution in [0.1, 0.15) is 42.5 Å². The molecule has 1 heterocycles. The van der Waals surface area contributed by atoms with E-state index < -0.39 is 0 Å². The predicted molar refractivity (Wildman–Crippen MR) is 82.6 cm³/mol. The van der Waals surface area contributed by atoms with Crippen LogP contribution in [0.4, 0.5) is 0 Å². The Bertz CT molecular complexity index is 400. The quantitative estimate of drug-likeness (QED) is 0.874. The highest BCUT2D eigenvalue weighted by molar-refractivity contribution is 5.34. The topological polar surface area (TPSA) is 15.3 Å². The molecule has 0 amide bonds. The fourth-order valence-corrected chi connectivity index (χ4v) is 3.55. The molecule has 1 aromatic rings. The zero-order valence-corrected chi connectivity index (χ0v) is 12.9. The highest BCUT2D eigenvalue weighted by Gasteiger charge is 2.34. The Balaban J connectivity index is 2.29. The first-order chi connectivity index (χ1) is 9.17. The van der Waals surface area contributed by atoms with Gasteiger partial charge < -0.3 is 5.32 Å². The Labute approximate surface area is 118 Å². The van der Waals surface area contributed by atoms with Crippen LogP contribution in [0.15, 0.2) is 18.2 Å². The molecule has 0 radical (unpaired) electrons. The molecule has 1 aromatic carbocycles. The highest BCUT2D eigenvalue weighted by Crippen LogP contribution is 2.38. The second-order valence-electron chi connectivity index (χ2n) is 5.95. The van der Waals surface area contributed by atoms with E-state index in [1.807, 2.05) is 0 Å². The lowest BCUT2D eigenvalue weighted by Gasteiger charge is -2.30. The molecule has 1 aliphatic heterocycles. The van der Waals surface area contributed by atoms with Crippen LogP contribution in [-0.2, 0) is 0 Å². The summed E-state index contributed by atoms with van der Waals surface area (Å²) in [7, 11) is 2.07. The van der Waals surface area contributed by atoms with Crippen LogP contribution in [0.3, 0.4) is 0 Å². The Morgan fingerprint density at radius 3 is 2.74 bits per heavy atom. The van der Waals surface area contributed by atoms with E-state index in [9.17, 15) is 0 Å². The fraction of sp³-hybridized carbons (Fsp3) is 0.647. The normalized spacial score (nSPS) is 24.0. The van der Waals surface area contributed by atoms with Crippen molar-refractivity contribution in [1.82, 2.24) is 10.2 Å². The van der Waals surface area contributed by atoms with Crippen molar-refractivity contribution in [2.45, 2.75) is 39.7 Å². The van der Waals surface area contributed by atoms with Gasteiger partial charge in [0.1, 0.15) is 0 Å². The standard InChI is InChI=1S/C17H28N2/c1-5-9-19-10-8-15(12-18-4)17(19)16-7-6-13(2)11-14(16)3/h6-7,11,15,17-18H,5,8-10,12H2,1-4H3. The molecule has 2 heteroatoms. The summed E-state index contributed by atoms with van der Waals surface area (Å²) in [6.07, 6.45) is 2.56. The van der Waals surface area contributed by atoms with Crippen molar-refractivity contribution >= 4 is 0 Å². The van der Waals surface area contributed by atoms with Gasteiger partial charge >= 0.3 is 0 Å². The second-order valence-corrected chi connectivity index (χ2v) is 5.95. The minimum absolute atomic E-state index is 0.605. The van der Waals surface area contributed by atoms with E-state index in [0.717, 1.165) is 12.5 Å². The van der Waals surface area contributed by atoms with Crippen LogP contribution in [0.5, 0.6) is 0 Å². The molecule has 1 N–H and O–H groups in total. The van der Waals surface area contributed by atoms with E-state index in [2.05, 4.69) is 56.2 Å². The van der Waals surface area contributed by atoms with Crippen LogP contribution < -0.4 is 5.32 Å². The summed E-state index contributed by atoms with van der Waals surface area (Å²) >= 11 is 0. The molecule has 0 bridgehead atoms. The van der Waals surface area contributed by atoms with E-state index >= 15 is 0 Å². The third kappa shape index (κ3) is 3.18. The van der Waals surface area contributed by atoms with Crippen LogP contribution in [-0.4, -0.2) is 31.6 Å². The molecule has 106 valence electrons. The summed E-state index contributed by atoms with van der Waals surface area (Å²) in [5, 5.41) is 3.38. The van der Waals surface area contributed by atoms with Crippen LogP contribution >= 0.6 is 0 Å². The number of benzene rings is 1. The molecule has 0 spiro atoms. The Kier molecular flexibility index (Phi) is 5.00. The maximum absolute atomic E-state index is 3.38. The Morgan fingerprint density at radius 1 is 1.32 bits per heavy atom. The first-order valence-corrected chi connectivity index (χ1v) is 7.63. The number of nitrogens with zero attached hydrogens (tertiary/aromatic N) is 1. The summed E-state index contributed by atoms with van der Waals surface area (Å²) < 4.78 is 0. The van der Waals surface area contributed by atoms with Crippen LogP contribution in [0, 0.1) is 19.8 Å². The molecule has 0 aliphatic carbocycles. The third-order valence-corrected chi connectivity index (χ3v) is 4.35. The van der Waals surface area contributed by atoms with E-state index in [0.29, 0.717) is 6.04 Å². The number of hydrogen-bond acceptors (Lipinski definition) is 2. The molecular formula is C17H28N2. The van der Waals surface area contributed by atoms with Gasteiger partial charge in [0.2, 0.25) is 0 Å². The zero-order chi connectivity index (χ0) is 13.8. The van der Waals surface area contributed by atoms with Crippen LogP contribution in [0.25, 0.3) is 0 Å². The molecule has 1 fully saturated rings. The van der Waals surface area contributed by atoms with Crippen molar-refractivity contribution in [1.29, 1.82) is 0 Å². The van der Waals surface area contributed by atoms with Gasteiger partial charge in [-0.25, -0.2) is 0 Å². The van der Waals surface area contributed by atoms with Gasteiger partial charge in [0.25, 0.3) is 0 Å². The molecule has 19 heavy (non-hydrogen) atoms. The number of aryl methyl sites for hydroxylation is 2. The SMILES string of the molecule is CCCN1CCC(CNC)C1c1ccc(C)cc1C. The predicted octanol–water partition coefficient (Wildman–Crippen LogP) is 3.30. The van der Waals surface area contributed by atoms with Crippen molar-refractivity contribution in [3.05, 3.63) is 34.9 Å². The minimum Gasteiger partial charge on any atom is -0.319 e. The van der Waals surface area contributed by atoms with Gasteiger partial charge in [0.05, 0.1) is 0 Å². The summed E-state index contributed by atoms with van der Waals surface area (Å²) in [6.45, 7) is 10.3. The van der Waals surface area contributed by atoms with Gasteiger partial charge in [-0.3, -0.25) is 4.90 Å². The number of nitrogens with one attached hydrogen (secondary N) is 1.